The number of aromatic nitrogens is 3. The van der Waals surface area contributed by atoms with Crippen molar-refractivity contribution in [1.82, 2.24) is 19.7 Å². The molecule has 1 aliphatic heterocycles. The molecule has 0 saturated carbocycles. The minimum absolute atomic E-state index is 0.0496. The first-order valence-corrected chi connectivity index (χ1v) is 9.10. The number of fused-ring (bicyclic) bond motifs is 1. The molecule has 3 N–H and O–H groups in total. The fourth-order valence-electron chi connectivity index (χ4n) is 3.39. The van der Waals surface area contributed by atoms with E-state index in [4.69, 9.17) is 9.84 Å². The van der Waals surface area contributed by atoms with Crippen molar-refractivity contribution in [2.24, 2.45) is 0 Å². The number of aliphatic carboxylic acids is 1. The summed E-state index contributed by atoms with van der Waals surface area (Å²) >= 11 is 0. The molecule has 10 heteroatoms. The van der Waals surface area contributed by atoms with Crippen LogP contribution in [0.25, 0.3) is 5.69 Å². The van der Waals surface area contributed by atoms with Crippen molar-refractivity contribution in [3.63, 3.8) is 0 Å². The van der Waals surface area contributed by atoms with E-state index in [1.807, 2.05) is 24.3 Å². The molecule has 10 nitrogen and oxygen atoms in total. The predicted molar refractivity (Wildman–Crippen MR) is 103 cm³/mol. The van der Waals surface area contributed by atoms with Gasteiger partial charge in [-0.25, -0.2) is 4.68 Å². The number of nitrogens with zero attached hydrogens (tertiary/aromatic N) is 3. The number of pyridine rings is 1. The third-order valence-electron chi connectivity index (χ3n) is 4.79. The summed E-state index contributed by atoms with van der Waals surface area (Å²) in [7, 11) is 0. The molecule has 3 aromatic rings. The highest BCUT2D eigenvalue weighted by molar-refractivity contribution is 5.98. The molecule has 1 aromatic carbocycles. The van der Waals surface area contributed by atoms with Crippen molar-refractivity contribution in [3.8, 4) is 11.4 Å². The van der Waals surface area contributed by atoms with Gasteiger partial charge < -0.3 is 24.8 Å². The summed E-state index contributed by atoms with van der Waals surface area (Å²) in [6, 6.07) is 9.18. The lowest BCUT2D eigenvalue weighted by molar-refractivity contribution is -0.135. The summed E-state index contributed by atoms with van der Waals surface area (Å²) in [4.78, 5) is 36.2. The lowest BCUT2D eigenvalue weighted by Gasteiger charge is -2.16. The summed E-state index contributed by atoms with van der Waals surface area (Å²) in [6.07, 6.45) is 3.45. The number of carboxylic acid groups (broad SMARTS) is 1. The topological polar surface area (TPSA) is 136 Å². The molecule has 154 valence electrons. The predicted octanol–water partition coefficient (Wildman–Crippen LogP) is 0.632. The number of carbonyl (C=O) groups is 2. The van der Waals surface area contributed by atoms with E-state index >= 15 is 0 Å². The monoisotopic (exact) mass is 410 g/mol. The fraction of sp³-hybridized carbons (Fsp3) is 0.200. The first kappa shape index (κ1) is 19.4. The van der Waals surface area contributed by atoms with E-state index in [1.54, 1.807) is 23.1 Å². The van der Waals surface area contributed by atoms with Crippen LogP contribution in [0.5, 0.6) is 5.75 Å². The summed E-state index contributed by atoms with van der Waals surface area (Å²) in [5.41, 5.74) is 1.20. The van der Waals surface area contributed by atoms with Crippen LogP contribution in [-0.2, 0) is 29.3 Å². The van der Waals surface area contributed by atoms with Crippen molar-refractivity contribution in [2.45, 2.75) is 19.8 Å². The van der Waals surface area contributed by atoms with Crippen molar-refractivity contribution in [3.05, 3.63) is 75.5 Å². The van der Waals surface area contributed by atoms with Crippen molar-refractivity contribution in [1.29, 1.82) is 0 Å². The first-order valence-electron chi connectivity index (χ1n) is 9.10. The molecule has 0 atom stereocenters. The van der Waals surface area contributed by atoms with Crippen LogP contribution in [0.4, 0.5) is 0 Å². The highest BCUT2D eigenvalue weighted by Gasteiger charge is 2.29. The number of carboxylic acids is 1. The van der Waals surface area contributed by atoms with Gasteiger partial charge in [-0.3, -0.25) is 14.4 Å². The van der Waals surface area contributed by atoms with E-state index in [9.17, 15) is 19.5 Å². The molecule has 0 radical (unpaired) electrons. The van der Waals surface area contributed by atoms with Gasteiger partial charge in [-0.15, -0.1) is 0 Å². The zero-order valence-electron chi connectivity index (χ0n) is 15.7. The molecule has 1 aliphatic rings. The smallest absolute Gasteiger partial charge is 0.322 e. The maximum Gasteiger partial charge on any atom is 0.322 e. The number of amides is 1. The van der Waals surface area contributed by atoms with Gasteiger partial charge in [0.25, 0.3) is 11.5 Å². The number of rotatable bonds is 6. The van der Waals surface area contributed by atoms with Gasteiger partial charge in [-0.05, 0) is 23.8 Å². The third kappa shape index (κ3) is 3.55. The van der Waals surface area contributed by atoms with Gasteiger partial charge in [0, 0.05) is 18.0 Å². The normalized spacial score (nSPS) is 12.5. The maximum atomic E-state index is 13.1. The standard InChI is InChI=1S/C20H18N4O6/c25-16(26)8-21-19(28)17-18(27)14-10-30-11-15(14)23(20(17)29)9-12-3-1-4-13(7-12)24-6-2-5-22-24/h1-7,27H,8-11H2,(H,21,28)(H,25,26). The largest absolute Gasteiger partial charge is 0.506 e. The molecule has 0 spiro atoms. The van der Waals surface area contributed by atoms with E-state index < -0.39 is 35.3 Å². The zero-order valence-corrected chi connectivity index (χ0v) is 15.7. The number of carbonyl (C=O) groups excluding carboxylic acids is 1. The highest BCUT2D eigenvalue weighted by atomic mass is 16.5. The van der Waals surface area contributed by atoms with Crippen LogP contribution in [-0.4, -0.2) is 43.0 Å². The molecule has 0 fully saturated rings. The Kier molecular flexibility index (Phi) is 5.07. The molecule has 0 unspecified atom stereocenters. The van der Waals surface area contributed by atoms with Crippen LogP contribution >= 0.6 is 0 Å². The van der Waals surface area contributed by atoms with Crippen LogP contribution in [0.3, 0.4) is 0 Å². The third-order valence-corrected chi connectivity index (χ3v) is 4.79. The molecule has 0 bridgehead atoms. The fourth-order valence-corrected chi connectivity index (χ4v) is 3.39. The van der Waals surface area contributed by atoms with Crippen LogP contribution in [0.1, 0.15) is 27.2 Å². The number of nitrogens with one attached hydrogen (secondary N) is 1. The van der Waals surface area contributed by atoms with Gasteiger partial charge in [0.2, 0.25) is 0 Å². The van der Waals surface area contributed by atoms with E-state index in [1.165, 1.54) is 4.57 Å². The second-order valence-electron chi connectivity index (χ2n) is 6.73. The minimum Gasteiger partial charge on any atom is -0.506 e. The quantitative estimate of drug-likeness (QED) is 0.542. The highest BCUT2D eigenvalue weighted by Crippen LogP contribution is 2.30. The van der Waals surface area contributed by atoms with Crippen molar-refractivity contribution in [2.75, 3.05) is 6.54 Å². The van der Waals surface area contributed by atoms with Gasteiger partial charge in [-0.2, -0.15) is 5.10 Å². The second-order valence-corrected chi connectivity index (χ2v) is 6.73. The summed E-state index contributed by atoms with van der Waals surface area (Å²) in [5.74, 6) is -2.69. The van der Waals surface area contributed by atoms with Crippen LogP contribution in [0, 0.1) is 0 Å². The van der Waals surface area contributed by atoms with Gasteiger partial charge in [0.05, 0.1) is 31.1 Å². The number of benzene rings is 1. The number of hydrogen-bond acceptors (Lipinski definition) is 6. The van der Waals surface area contributed by atoms with Crippen molar-refractivity contribution >= 4 is 11.9 Å². The Hall–Kier alpha value is -3.92. The molecule has 4 rings (SSSR count). The zero-order chi connectivity index (χ0) is 21.3. The second kappa shape index (κ2) is 7.84. The Balaban J connectivity index is 1.75. The van der Waals surface area contributed by atoms with Crippen LogP contribution in [0.2, 0.25) is 0 Å². The molecule has 0 saturated heterocycles. The summed E-state index contributed by atoms with van der Waals surface area (Å²) < 4.78 is 8.44. The van der Waals surface area contributed by atoms with Gasteiger partial charge >= 0.3 is 5.97 Å². The molecule has 1 amide bonds. The SMILES string of the molecule is O=C(O)CNC(=O)c1c(O)c2c(n(Cc3cccc(-n4cccn4)c3)c1=O)COC2. The van der Waals surface area contributed by atoms with E-state index in [-0.39, 0.29) is 19.8 Å². The van der Waals surface area contributed by atoms with Gasteiger partial charge in [0.1, 0.15) is 17.9 Å². The molecule has 2 aromatic heterocycles. The lowest BCUT2D eigenvalue weighted by atomic mass is 10.1. The van der Waals surface area contributed by atoms with E-state index in [0.717, 1.165) is 11.3 Å². The maximum absolute atomic E-state index is 13.1. The number of hydrogen-bond donors (Lipinski definition) is 3. The first-order chi connectivity index (χ1) is 14.5. The Morgan fingerprint density at radius 3 is 2.80 bits per heavy atom. The Morgan fingerprint density at radius 2 is 2.07 bits per heavy atom. The molecular weight excluding hydrogens is 392 g/mol. The molecule has 30 heavy (non-hydrogen) atoms. The van der Waals surface area contributed by atoms with E-state index in [2.05, 4.69) is 10.4 Å². The summed E-state index contributed by atoms with van der Waals surface area (Å²) in [5, 5.41) is 25.6. The molecular formula is C20H18N4O6. The Bertz CT molecular complexity index is 1180. The lowest BCUT2D eigenvalue weighted by Crippen LogP contribution is -2.37. The van der Waals surface area contributed by atoms with Gasteiger partial charge in [-0.1, -0.05) is 12.1 Å². The average Bonchev–Trinajstić information content (AvgIpc) is 3.42. The van der Waals surface area contributed by atoms with Crippen molar-refractivity contribution < 1.29 is 24.5 Å². The number of ether oxygens (including phenoxy) is 1. The Morgan fingerprint density at radius 1 is 1.23 bits per heavy atom. The van der Waals surface area contributed by atoms with Crippen LogP contribution < -0.4 is 10.9 Å². The van der Waals surface area contributed by atoms with Gasteiger partial charge in [0.15, 0.2) is 0 Å². The van der Waals surface area contributed by atoms with Crippen LogP contribution in [0.15, 0.2) is 47.5 Å². The van der Waals surface area contributed by atoms with E-state index in [0.29, 0.717) is 11.3 Å². The Labute approximate surface area is 170 Å². The number of aromatic hydroxyl groups is 1. The summed E-state index contributed by atoms with van der Waals surface area (Å²) in [6.45, 7) is -0.363. The average molecular weight is 410 g/mol. The molecule has 0 aliphatic carbocycles. The molecule has 3 heterocycles. The minimum atomic E-state index is -1.26.